The van der Waals surface area contributed by atoms with E-state index in [-0.39, 0.29) is 17.3 Å². The van der Waals surface area contributed by atoms with Crippen molar-refractivity contribution in [3.05, 3.63) is 70.7 Å². The predicted octanol–water partition coefficient (Wildman–Crippen LogP) is 3.47. The molecule has 1 N–H and O–H groups in total. The molecular weight excluding hydrogens is 434 g/mol. The molecule has 0 atom stereocenters. The summed E-state index contributed by atoms with van der Waals surface area (Å²) in [6, 6.07) is 16.1. The Morgan fingerprint density at radius 3 is 2.77 bits per heavy atom. The normalized spacial score (nSPS) is 14.1. The van der Waals surface area contributed by atoms with Gasteiger partial charge in [0.1, 0.15) is 5.75 Å². The molecule has 162 valence electrons. The average molecular weight is 458 g/mol. The van der Waals surface area contributed by atoms with Gasteiger partial charge in [0.25, 0.3) is 0 Å². The summed E-state index contributed by atoms with van der Waals surface area (Å²) in [6.07, 6.45) is 1.45. The molecule has 4 rings (SSSR count). The van der Waals surface area contributed by atoms with Crippen molar-refractivity contribution in [3.63, 3.8) is 0 Å². The van der Waals surface area contributed by atoms with Crippen LogP contribution in [-0.2, 0) is 34.2 Å². The first-order valence-corrected chi connectivity index (χ1v) is 12.2. The van der Waals surface area contributed by atoms with E-state index in [0.717, 1.165) is 21.9 Å². The zero-order valence-corrected chi connectivity index (χ0v) is 18.7. The molecule has 1 aliphatic heterocycles. The van der Waals surface area contributed by atoms with E-state index < -0.39 is 10.0 Å². The second-order valence-corrected chi connectivity index (χ2v) is 10.2. The lowest BCUT2D eigenvalue weighted by Gasteiger charge is -2.25. The monoisotopic (exact) mass is 457 g/mol. The molecule has 7 nitrogen and oxygen atoms in total. The largest absolute Gasteiger partial charge is 0.497 e. The standard InChI is InChI=1S/C22H23N3O4S2/c1-29-17-7-5-6-16(14-17)10-11-21(26)24-22-23-19-12-13-25(15-20(19)30-22)31(27,28)18-8-3-2-4-9-18/h2-9,14H,10-13,15H2,1H3,(H,23,24,26). The van der Waals surface area contributed by atoms with E-state index in [0.29, 0.717) is 30.9 Å². The molecule has 0 unspecified atom stereocenters. The number of carbonyl (C=O) groups is 1. The van der Waals surface area contributed by atoms with Crippen LogP contribution in [0.4, 0.5) is 5.13 Å². The minimum absolute atomic E-state index is 0.123. The number of ether oxygens (including phenoxy) is 1. The molecule has 0 spiro atoms. The van der Waals surface area contributed by atoms with Crippen molar-refractivity contribution in [1.82, 2.24) is 9.29 Å². The highest BCUT2D eigenvalue weighted by molar-refractivity contribution is 7.89. The smallest absolute Gasteiger partial charge is 0.243 e. The van der Waals surface area contributed by atoms with Crippen LogP contribution in [0.3, 0.4) is 0 Å². The van der Waals surface area contributed by atoms with E-state index in [1.165, 1.54) is 15.6 Å². The maximum absolute atomic E-state index is 12.9. The van der Waals surface area contributed by atoms with Gasteiger partial charge in [-0.1, -0.05) is 30.3 Å². The Kier molecular flexibility index (Phi) is 6.35. The topological polar surface area (TPSA) is 88.6 Å². The molecule has 2 aromatic carbocycles. The Morgan fingerprint density at radius 2 is 2.00 bits per heavy atom. The molecule has 0 bridgehead atoms. The fraction of sp³-hybridized carbons (Fsp3) is 0.273. The fourth-order valence-corrected chi connectivity index (χ4v) is 5.99. The van der Waals surface area contributed by atoms with Gasteiger partial charge in [0, 0.05) is 24.3 Å². The summed E-state index contributed by atoms with van der Waals surface area (Å²) in [4.78, 5) is 18.0. The number of sulfonamides is 1. The molecule has 0 saturated heterocycles. The van der Waals surface area contributed by atoms with Gasteiger partial charge in [-0.3, -0.25) is 4.79 Å². The zero-order valence-electron chi connectivity index (χ0n) is 17.1. The lowest BCUT2D eigenvalue weighted by atomic mass is 10.1. The Balaban J connectivity index is 1.38. The van der Waals surface area contributed by atoms with Crippen LogP contribution in [0.25, 0.3) is 0 Å². The number of benzene rings is 2. The third-order valence-corrected chi connectivity index (χ3v) is 7.96. The van der Waals surface area contributed by atoms with E-state index in [4.69, 9.17) is 4.74 Å². The quantitative estimate of drug-likeness (QED) is 0.587. The fourth-order valence-electron chi connectivity index (χ4n) is 3.44. The van der Waals surface area contributed by atoms with Gasteiger partial charge in [0.05, 0.1) is 24.2 Å². The molecular formula is C22H23N3O4S2. The van der Waals surface area contributed by atoms with Crippen molar-refractivity contribution in [3.8, 4) is 5.75 Å². The number of fused-ring (bicyclic) bond motifs is 1. The number of amides is 1. The highest BCUT2D eigenvalue weighted by Crippen LogP contribution is 2.31. The summed E-state index contributed by atoms with van der Waals surface area (Å²) in [6.45, 7) is 0.640. The summed E-state index contributed by atoms with van der Waals surface area (Å²) in [5, 5.41) is 3.37. The molecule has 0 saturated carbocycles. The predicted molar refractivity (Wildman–Crippen MR) is 120 cm³/mol. The van der Waals surface area contributed by atoms with E-state index in [1.54, 1.807) is 37.4 Å². The van der Waals surface area contributed by atoms with Crippen LogP contribution in [0.2, 0.25) is 0 Å². The van der Waals surface area contributed by atoms with Crippen molar-refractivity contribution in [1.29, 1.82) is 0 Å². The summed E-state index contributed by atoms with van der Waals surface area (Å²) in [7, 11) is -1.94. The van der Waals surface area contributed by atoms with E-state index in [1.807, 2.05) is 24.3 Å². The number of methoxy groups -OCH3 is 1. The van der Waals surface area contributed by atoms with Crippen LogP contribution >= 0.6 is 11.3 Å². The molecule has 1 amide bonds. The Labute approximate surface area is 185 Å². The Morgan fingerprint density at radius 1 is 1.19 bits per heavy atom. The molecule has 0 fully saturated rings. The molecule has 31 heavy (non-hydrogen) atoms. The van der Waals surface area contributed by atoms with Crippen LogP contribution in [0.5, 0.6) is 5.75 Å². The second kappa shape index (κ2) is 9.17. The molecule has 9 heteroatoms. The van der Waals surface area contributed by atoms with Crippen molar-refractivity contribution in [2.45, 2.75) is 30.7 Å². The third kappa shape index (κ3) is 4.95. The van der Waals surface area contributed by atoms with E-state index >= 15 is 0 Å². The second-order valence-electron chi connectivity index (χ2n) is 7.19. The lowest BCUT2D eigenvalue weighted by Crippen LogP contribution is -2.35. The number of aromatic nitrogens is 1. The number of hydrogen-bond acceptors (Lipinski definition) is 6. The molecule has 1 aliphatic rings. The number of hydrogen-bond donors (Lipinski definition) is 1. The Bertz CT molecular complexity index is 1180. The van der Waals surface area contributed by atoms with Crippen molar-refractivity contribution < 1.29 is 17.9 Å². The molecule has 3 aromatic rings. The van der Waals surface area contributed by atoms with Crippen LogP contribution in [-0.4, -0.2) is 37.3 Å². The molecule has 1 aromatic heterocycles. The molecule has 0 aliphatic carbocycles. The Hall–Kier alpha value is -2.75. The summed E-state index contributed by atoms with van der Waals surface area (Å²) < 4.78 is 32.4. The van der Waals surface area contributed by atoms with Gasteiger partial charge in [-0.05, 0) is 36.2 Å². The minimum atomic E-state index is -3.55. The lowest BCUT2D eigenvalue weighted by molar-refractivity contribution is -0.116. The van der Waals surface area contributed by atoms with Gasteiger partial charge in [0.15, 0.2) is 5.13 Å². The van der Waals surface area contributed by atoms with Gasteiger partial charge < -0.3 is 10.1 Å². The maximum atomic E-state index is 12.9. The van der Waals surface area contributed by atoms with E-state index in [9.17, 15) is 13.2 Å². The molecule has 2 heterocycles. The first-order chi connectivity index (χ1) is 15.0. The van der Waals surface area contributed by atoms with Gasteiger partial charge in [-0.25, -0.2) is 13.4 Å². The number of carbonyl (C=O) groups excluding carboxylic acids is 1. The van der Waals surface area contributed by atoms with Crippen LogP contribution in [0, 0.1) is 0 Å². The highest BCUT2D eigenvalue weighted by atomic mass is 32.2. The maximum Gasteiger partial charge on any atom is 0.243 e. The van der Waals surface area contributed by atoms with Gasteiger partial charge in [-0.15, -0.1) is 11.3 Å². The summed E-state index contributed by atoms with van der Waals surface area (Å²) >= 11 is 1.34. The van der Waals surface area contributed by atoms with Gasteiger partial charge in [0.2, 0.25) is 15.9 Å². The van der Waals surface area contributed by atoms with Crippen LogP contribution in [0.1, 0.15) is 22.6 Å². The number of anilines is 1. The van der Waals surface area contributed by atoms with E-state index in [2.05, 4.69) is 10.3 Å². The van der Waals surface area contributed by atoms with Crippen molar-refractivity contribution in [2.75, 3.05) is 19.0 Å². The van der Waals surface area contributed by atoms with Gasteiger partial charge in [-0.2, -0.15) is 4.31 Å². The highest BCUT2D eigenvalue weighted by Gasteiger charge is 2.30. The zero-order chi connectivity index (χ0) is 21.8. The van der Waals surface area contributed by atoms with Crippen LogP contribution in [0.15, 0.2) is 59.5 Å². The number of nitrogens with zero attached hydrogens (tertiary/aromatic N) is 2. The summed E-state index contributed by atoms with van der Waals surface area (Å²) in [5.41, 5.74) is 1.88. The SMILES string of the molecule is COc1cccc(CCC(=O)Nc2nc3c(s2)CN(S(=O)(=O)c2ccccc2)CC3)c1. The molecule has 0 radical (unpaired) electrons. The summed E-state index contributed by atoms with van der Waals surface area (Å²) in [5.74, 6) is 0.642. The number of rotatable bonds is 7. The minimum Gasteiger partial charge on any atom is -0.497 e. The van der Waals surface area contributed by atoms with Gasteiger partial charge >= 0.3 is 0 Å². The average Bonchev–Trinajstić information content (AvgIpc) is 3.20. The number of nitrogens with one attached hydrogen (secondary N) is 1. The van der Waals surface area contributed by atoms with Crippen LogP contribution < -0.4 is 10.1 Å². The number of aryl methyl sites for hydroxylation is 1. The number of thiazole rings is 1. The first-order valence-electron chi connectivity index (χ1n) is 9.92. The van der Waals surface area contributed by atoms with Crippen molar-refractivity contribution in [2.24, 2.45) is 0 Å². The van der Waals surface area contributed by atoms with Crippen molar-refractivity contribution >= 4 is 32.4 Å². The first kappa shape index (κ1) is 21.5. The third-order valence-electron chi connectivity index (χ3n) is 5.10.